The molecule has 11 heteroatoms. The van der Waals surface area contributed by atoms with Crippen molar-refractivity contribution in [2.45, 2.75) is 27.0 Å². The van der Waals surface area contributed by atoms with E-state index in [4.69, 9.17) is 9.47 Å². The summed E-state index contributed by atoms with van der Waals surface area (Å²) in [6.07, 6.45) is 1.41. The average Bonchev–Trinajstić information content (AvgIpc) is 3.17. The molecule has 0 atom stereocenters. The van der Waals surface area contributed by atoms with E-state index >= 15 is 0 Å². The van der Waals surface area contributed by atoms with Crippen molar-refractivity contribution in [1.29, 1.82) is 0 Å². The molecule has 1 fully saturated rings. The minimum absolute atomic E-state index is 0.0179. The fourth-order valence-electron chi connectivity index (χ4n) is 3.16. The SMILES string of the molecule is CCOc1cc(C(=O)Nc2cnn(CC)c2C(=O)N2CCOCC2)ccc1OC(F)F. The van der Waals surface area contributed by atoms with Crippen LogP contribution in [0.5, 0.6) is 11.5 Å². The molecule has 1 aromatic heterocycles. The molecule has 2 amide bonds. The van der Waals surface area contributed by atoms with Crippen LogP contribution in [0.2, 0.25) is 0 Å². The molecular weight excluding hydrogens is 414 g/mol. The molecule has 0 bridgehead atoms. The van der Waals surface area contributed by atoms with E-state index in [9.17, 15) is 18.4 Å². The number of hydrogen-bond donors (Lipinski definition) is 1. The number of aryl methyl sites for hydroxylation is 1. The minimum Gasteiger partial charge on any atom is -0.490 e. The summed E-state index contributed by atoms with van der Waals surface area (Å²) < 4.78 is 41.7. The Morgan fingerprint density at radius 3 is 2.61 bits per heavy atom. The Bertz CT molecular complexity index is 928. The van der Waals surface area contributed by atoms with Crippen LogP contribution in [-0.4, -0.2) is 66.0 Å². The molecular formula is C20H24F2N4O5. The van der Waals surface area contributed by atoms with E-state index in [0.29, 0.717) is 32.8 Å². The molecule has 1 saturated heterocycles. The van der Waals surface area contributed by atoms with Crippen molar-refractivity contribution in [2.24, 2.45) is 0 Å². The molecule has 0 unspecified atom stereocenters. The van der Waals surface area contributed by atoms with Gasteiger partial charge in [0.15, 0.2) is 11.5 Å². The number of amides is 2. The van der Waals surface area contributed by atoms with Gasteiger partial charge in [0.1, 0.15) is 5.69 Å². The normalized spacial score (nSPS) is 13.9. The number of halogens is 2. The summed E-state index contributed by atoms with van der Waals surface area (Å²) in [5.74, 6) is -0.954. The first-order valence-electron chi connectivity index (χ1n) is 9.90. The number of hydrogen-bond acceptors (Lipinski definition) is 6. The highest BCUT2D eigenvalue weighted by Gasteiger charge is 2.26. The third kappa shape index (κ3) is 5.29. The number of aromatic nitrogens is 2. The largest absolute Gasteiger partial charge is 0.490 e. The summed E-state index contributed by atoms with van der Waals surface area (Å²) in [6, 6.07) is 3.88. The van der Waals surface area contributed by atoms with Gasteiger partial charge in [-0.15, -0.1) is 0 Å². The first kappa shape index (κ1) is 22.5. The quantitative estimate of drug-likeness (QED) is 0.681. The van der Waals surface area contributed by atoms with E-state index in [1.54, 1.807) is 11.8 Å². The zero-order valence-electron chi connectivity index (χ0n) is 17.3. The van der Waals surface area contributed by atoms with Crippen LogP contribution >= 0.6 is 0 Å². The maximum Gasteiger partial charge on any atom is 0.387 e. The van der Waals surface area contributed by atoms with Crippen molar-refractivity contribution < 1.29 is 32.6 Å². The fourth-order valence-corrected chi connectivity index (χ4v) is 3.16. The maximum absolute atomic E-state index is 13.0. The highest BCUT2D eigenvalue weighted by atomic mass is 19.3. The van der Waals surface area contributed by atoms with Crippen LogP contribution in [-0.2, 0) is 11.3 Å². The molecule has 3 rings (SSSR count). The monoisotopic (exact) mass is 438 g/mol. The van der Waals surface area contributed by atoms with Gasteiger partial charge >= 0.3 is 6.61 Å². The average molecular weight is 438 g/mol. The molecule has 1 N–H and O–H groups in total. The molecule has 1 aliphatic heterocycles. The second-order valence-corrected chi connectivity index (χ2v) is 6.55. The molecule has 31 heavy (non-hydrogen) atoms. The van der Waals surface area contributed by atoms with Crippen molar-refractivity contribution in [3.8, 4) is 11.5 Å². The van der Waals surface area contributed by atoms with Crippen molar-refractivity contribution >= 4 is 17.5 Å². The number of nitrogens with zero attached hydrogens (tertiary/aromatic N) is 3. The van der Waals surface area contributed by atoms with Crippen molar-refractivity contribution in [2.75, 3.05) is 38.2 Å². The third-order valence-electron chi connectivity index (χ3n) is 4.61. The number of ether oxygens (including phenoxy) is 3. The number of rotatable bonds is 8. The third-order valence-corrected chi connectivity index (χ3v) is 4.61. The van der Waals surface area contributed by atoms with Gasteiger partial charge in [0.05, 0.1) is 31.7 Å². The van der Waals surface area contributed by atoms with Crippen LogP contribution in [0.25, 0.3) is 0 Å². The summed E-state index contributed by atoms with van der Waals surface area (Å²) in [5, 5.41) is 6.87. The van der Waals surface area contributed by atoms with Crippen LogP contribution < -0.4 is 14.8 Å². The number of carbonyl (C=O) groups is 2. The number of nitrogens with one attached hydrogen (secondary N) is 1. The van der Waals surface area contributed by atoms with Gasteiger partial charge in [0.2, 0.25) is 0 Å². The Kier molecular flexibility index (Phi) is 7.40. The standard InChI is InChI=1S/C20H24F2N4O5/c1-3-26-17(19(28)25-7-9-29-10-8-25)14(12-23-26)24-18(27)13-5-6-15(31-20(21)22)16(11-13)30-4-2/h5-6,11-12,20H,3-4,7-10H2,1-2H3,(H,24,27). The number of carbonyl (C=O) groups excluding carboxylic acids is 2. The molecule has 9 nitrogen and oxygen atoms in total. The zero-order valence-corrected chi connectivity index (χ0v) is 17.3. The minimum atomic E-state index is -3.02. The van der Waals surface area contributed by atoms with E-state index in [1.165, 1.54) is 29.1 Å². The Morgan fingerprint density at radius 1 is 1.23 bits per heavy atom. The van der Waals surface area contributed by atoms with Gasteiger partial charge < -0.3 is 24.4 Å². The summed E-state index contributed by atoms with van der Waals surface area (Å²) in [6.45, 7) is 2.93. The second-order valence-electron chi connectivity index (χ2n) is 6.55. The molecule has 0 spiro atoms. The van der Waals surface area contributed by atoms with Gasteiger partial charge in [-0.05, 0) is 32.0 Å². The predicted octanol–water partition coefficient (Wildman–Crippen LogP) is 2.63. The Balaban J connectivity index is 1.84. The van der Waals surface area contributed by atoms with Crippen LogP contribution in [0, 0.1) is 0 Å². The molecule has 1 aromatic carbocycles. The van der Waals surface area contributed by atoms with Gasteiger partial charge in [-0.25, -0.2) is 0 Å². The Hall–Kier alpha value is -3.21. The maximum atomic E-state index is 13.0. The first-order valence-corrected chi connectivity index (χ1v) is 9.90. The smallest absolute Gasteiger partial charge is 0.387 e. The van der Waals surface area contributed by atoms with Crippen molar-refractivity contribution in [1.82, 2.24) is 14.7 Å². The summed E-state index contributed by atoms with van der Waals surface area (Å²) in [4.78, 5) is 27.5. The van der Waals surface area contributed by atoms with E-state index in [0.717, 1.165) is 0 Å². The number of morpholine rings is 1. The molecule has 2 heterocycles. The molecule has 0 aliphatic carbocycles. The summed E-state index contributed by atoms with van der Waals surface area (Å²) in [5.41, 5.74) is 0.675. The van der Waals surface area contributed by atoms with Crippen LogP contribution in [0.3, 0.4) is 0 Å². The number of benzene rings is 1. The van der Waals surface area contributed by atoms with E-state index in [1.807, 2.05) is 6.92 Å². The molecule has 0 radical (unpaired) electrons. The molecule has 2 aromatic rings. The van der Waals surface area contributed by atoms with E-state index in [-0.39, 0.29) is 41.0 Å². The lowest BCUT2D eigenvalue weighted by Crippen LogP contribution is -2.41. The summed E-state index contributed by atoms with van der Waals surface area (Å²) in [7, 11) is 0. The lowest BCUT2D eigenvalue weighted by atomic mass is 10.1. The van der Waals surface area contributed by atoms with Crippen LogP contribution in [0.4, 0.5) is 14.5 Å². The van der Waals surface area contributed by atoms with Crippen molar-refractivity contribution in [3.05, 3.63) is 35.7 Å². The Labute approximate surface area is 177 Å². The molecule has 0 saturated carbocycles. The predicted molar refractivity (Wildman–Crippen MR) is 107 cm³/mol. The van der Waals surface area contributed by atoms with Gasteiger partial charge in [-0.2, -0.15) is 13.9 Å². The van der Waals surface area contributed by atoms with E-state index in [2.05, 4.69) is 15.2 Å². The lowest BCUT2D eigenvalue weighted by Gasteiger charge is -2.27. The molecule has 1 aliphatic rings. The van der Waals surface area contributed by atoms with E-state index < -0.39 is 12.5 Å². The topological polar surface area (TPSA) is 94.9 Å². The zero-order chi connectivity index (χ0) is 22.4. The number of anilines is 1. The van der Waals surface area contributed by atoms with Gasteiger partial charge in [0.25, 0.3) is 11.8 Å². The number of alkyl halides is 2. The molecule has 168 valence electrons. The van der Waals surface area contributed by atoms with Crippen LogP contribution in [0.15, 0.2) is 24.4 Å². The second kappa shape index (κ2) is 10.2. The summed E-state index contributed by atoms with van der Waals surface area (Å²) >= 11 is 0. The highest BCUT2D eigenvalue weighted by molar-refractivity contribution is 6.08. The first-order chi connectivity index (χ1) is 14.9. The van der Waals surface area contributed by atoms with Crippen molar-refractivity contribution in [3.63, 3.8) is 0 Å². The van der Waals surface area contributed by atoms with Gasteiger partial charge in [0, 0.05) is 25.2 Å². The highest BCUT2D eigenvalue weighted by Crippen LogP contribution is 2.30. The fraction of sp³-hybridized carbons (Fsp3) is 0.450. The van der Waals surface area contributed by atoms with Gasteiger partial charge in [-0.1, -0.05) is 0 Å². The Morgan fingerprint density at radius 2 is 1.97 bits per heavy atom. The van der Waals surface area contributed by atoms with Crippen LogP contribution in [0.1, 0.15) is 34.7 Å². The lowest BCUT2D eigenvalue weighted by molar-refractivity contribution is -0.0514. The van der Waals surface area contributed by atoms with Gasteiger partial charge in [-0.3, -0.25) is 14.3 Å².